The van der Waals surface area contributed by atoms with Gasteiger partial charge in [-0.3, -0.25) is 14.5 Å². The number of carbonyl (C=O) groups is 2. The Labute approximate surface area is 306 Å². The third kappa shape index (κ3) is 6.85. The molecule has 2 heterocycles. The highest BCUT2D eigenvalue weighted by atomic mass is 16.5. The number of anilines is 2. The van der Waals surface area contributed by atoms with E-state index in [4.69, 9.17) is 14.2 Å². The molecule has 1 amide bonds. The molecule has 9 heteroatoms. The van der Waals surface area contributed by atoms with Gasteiger partial charge in [0, 0.05) is 43.9 Å². The number of fused-ring (bicyclic) bond motifs is 1. The molecule has 2 aliphatic heterocycles. The first-order valence-electron chi connectivity index (χ1n) is 18.0. The number of carbonyl (C=O) groups excluding carboxylic acids is 2. The number of allylic oxidation sites excluding steroid dienone is 1. The fourth-order valence-corrected chi connectivity index (χ4v) is 8.19. The Hall–Kier alpha value is -5.28. The first-order chi connectivity index (χ1) is 25.2. The first-order valence-corrected chi connectivity index (χ1v) is 18.0. The molecule has 0 aromatic heterocycles. The number of Topliss-reactive ketones (excluding diaryl/α,β-unsaturated/α-hetero) is 1. The number of methoxy groups -OCH3 is 3. The van der Waals surface area contributed by atoms with E-state index in [2.05, 4.69) is 77.5 Å². The lowest BCUT2D eigenvalue weighted by Crippen LogP contribution is -2.52. The van der Waals surface area contributed by atoms with Crippen LogP contribution in [0.15, 0.2) is 108 Å². The van der Waals surface area contributed by atoms with E-state index in [0.29, 0.717) is 48.8 Å². The van der Waals surface area contributed by atoms with E-state index in [1.807, 2.05) is 53.4 Å². The topological polar surface area (TPSA) is 83.6 Å². The van der Waals surface area contributed by atoms with Crippen molar-refractivity contribution in [1.29, 1.82) is 0 Å². The van der Waals surface area contributed by atoms with Gasteiger partial charge in [0.1, 0.15) is 0 Å². The maximum Gasteiger partial charge on any atom is 0.242 e. The van der Waals surface area contributed by atoms with Crippen LogP contribution >= 0.6 is 0 Å². The summed E-state index contributed by atoms with van der Waals surface area (Å²) in [6, 6.07) is 32.5. The minimum Gasteiger partial charge on any atom is -0.493 e. The average Bonchev–Trinajstić information content (AvgIpc) is 3.29. The van der Waals surface area contributed by atoms with Gasteiger partial charge in [0.25, 0.3) is 0 Å². The predicted molar refractivity (Wildman–Crippen MR) is 204 cm³/mol. The van der Waals surface area contributed by atoms with Crippen molar-refractivity contribution < 1.29 is 23.8 Å². The van der Waals surface area contributed by atoms with Crippen molar-refractivity contribution in [2.24, 2.45) is 5.41 Å². The van der Waals surface area contributed by atoms with E-state index in [0.717, 1.165) is 35.7 Å². The maximum absolute atomic E-state index is 14.5. The molecule has 0 saturated carbocycles. The number of nitrogens with zero attached hydrogens (tertiary/aromatic N) is 3. The van der Waals surface area contributed by atoms with Crippen molar-refractivity contribution in [3.63, 3.8) is 0 Å². The van der Waals surface area contributed by atoms with Crippen molar-refractivity contribution in [1.82, 2.24) is 9.80 Å². The Kier molecular flexibility index (Phi) is 9.97. The van der Waals surface area contributed by atoms with E-state index < -0.39 is 6.04 Å². The molecule has 0 radical (unpaired) electrons. The van der Waals surface area contributed by atoms with Crippen molar-refractivity contribution in [3.05, 3.63) is 125 Å². The first kappa shape index (κ1) is 35.1. The van der Waals surface area contributed by atoms with Gasteiger partial charge in [-0.05, 0) is 52.8 Å². The summed E-state index contributed by atoms with van der Waals surface area (Å²) in [7, 11) is 4.75. The number of piperazine rings is 1. The third-order valence-corrected chi connectivity index (χ3v) is 10.6. The second-order valence-electron chi connectivity index (χ2n) is 14.6. The fourth-order valence-electron chi connectivity index (χ4n) is 8.19. The zero-order chi connectivity index (χ0) is 36.4. The second-order valence-corrected chi connectivity index (χ2v) is 14.6. The molecule has 0 spiro atoms. The summed E-state index contributed by atoms with van der Waals surface area (Å²) in [5, 5.41) is 3.66. The van der Waals surface area contributed by atoms with Gasteiger partial charge in [-0.25, -0.2) is 0 Å². The zero-order valence-corrected chi connectivity index (χ0v) is 30.7. The quantitative estimate of drug-likeness (QED) is 0.196. The normalized spacial score (nSPS) is 18.7. The van der Waals surface area contributed by atoms with Crippen LogP contribution in [-0.4, -0.2) is 75.5 Å². The number of benzene rings is 4. The van der Waals surface area contributed by atoms with E-state index in [1.165, 1.54) is 11.1 Å². The van der Waals surface area contributed by atoms with Gasteiger partial charge in [-0.15, -0.1) is 0 Å². The molecule has 1 saturated heterocycles. The van der Waals surface area contributed by atoms with Gasteiger partial charge >= 0.3 is 0 Å². The molecule has 7 rings (SSSR count). The lowest BCUT2D eigenvalue weighted by atomic mass is 9.73. The summed E-state index contributed by atoms with van der Waals surface area (Å²) in [6.07, 6.45) is 1.09. The number of nitrogens with one attached hydrogen (secondary N) is 1. The average molecular weight is 701 g/mol. The Balaban J connectivity index is 1.24. The molecule has 1 N–H and O–H groups in total. The van der Waals surface area contributed by atoms with Crippen LogP contribution in [0.25, 0.3) is 0 Å². The van der Waals surface area contributed by atoms with Gasteiger partial charge in [0.2, 0.25) is 11.7 Å². The number of amides is 1. The standard InChI is InChI=1S/C43H48N4O5/c1-43(2)26-33-39(35(48)27-43)41(31-24-36(50-3)42(52-5)37(25-31)51-4)47(34-19-13-12-18-32(34)44-33)28-38(49)45-20-22-46(23-21-45)40(29-14-8-6-9-15-29)30-16-10-7-11-17-30/h6-19,24-25,40-41,44H,20-23,26-28H2,1-5H3. The van der Waals surface area contributed by atoms with Crippen LogP contribution in [0.2, 0.25) is 0 Å². The Morgan fingerprint density at radius 1 is 0.788 bits per heavy atom. The largest absolute Gasteiger partial charge is 0.493 e. The van der Waals surface area contributed by atoms with Crippen LogP contribution in [0.4, 0.5) is 11.4 Å². The zero-order valence-electron chi connectivity index (χ0n) is 30.7. The highest BCUT2D eigenvalue weighted by molar-refractivity contribution is 6.02. The number of ether oxygens (including phenoxy) is 3. The molecule has 0 bridgehead atoms. The van der Waals surface area contributed by atoms with Crippen LogP contribution in [0.5, 0.6) is 17.2 Å². The second kappa shape index (κ2) is 14.8. The van der Waals surface area contributed by atoms with Crippen molar-refractivity contribution >= 4 is 23.1 Å². The number of hydrogen-bond acceptors (Lipinski definition) is 8. The predicted octanol–water partition coefficient (Wildman–Crippen LogP) is 7.26. The van der Waals surface area contributed by atoms with Crippen molar-refractivity contribution in [2.75, 3.05) is 64.3 Å². The highest BCUT2D eigenvalue weighted by Gasteiger charge is 2.43. The Bertz CT molecular complexity index is 1890. The smallest absolute Gasteiger partial charge is 0.242 e. The van der Waals surface area contributed by atoms with Crippen molar-refractivity contribution in [3.8, 4) is 17.2 Å². The SMILES string of the molecule is COc1cc(C2C3=C(CC(C)(C)CC3=O)Nc3ccccc3N2CC(=O)N2CCN(C(c3ccccc3)c3ccccc3)CC2)cc(OC)c1OC. The minimum atomic E-state index is -0.589. The number of hydrogen-bond donors (Lipinski definition) is 1. The van der Waals surface area contributed by atoms with Gasteiger partial charge in [0.15, 0.2) is 17.3 Å². The van der Waals surface area contributed by atoms with Gasteiger partial charge in [-0.2, -0.15) is 0 Å². The van der Waals surface area contributed by atoms with Gasteiger partial charge in [0.05, 0.1) is 51.3 Å². The van der Waals surface area contributed by atoms with Crippen LogP contribution < -0.4 is 24.4 Å². The number of para-hydroxylation sites is 2. The Morgan fingerprint density at radius 2 is 1.37 bits per heavy atom. The molecule has 1 unspecified atom stereocenters. The summed E-state index contributed by atoms with van der Waals surface area (Å²) in [5.41, 5.74) is 6.28. The summed E-state index contributed by atoms with van der Waals surface area (Å²) in [5.74, 6) is 1.51. The molecule has 270 valence electrons. The lowest BCUT2D eigenvalue weighted by molar-refractivity contribution is -0.131. The Morgan fingerprint density at radius 3 is 1.94 bits per heavy atom. The third-order valence-electron chi connectivity index (χ3n) is 10.6. The molecule has 3 aliphatic rings. The molecule has 1 fully saturated rings. The van der Waals surface area contributed by atoms with E-state index in [1.54, 1.807) is 21.3 Å². The molecule has 4 aromatic rings. The molecular formula is C43H48N4O5. The van der Waals surface area contributed by atoms with Crippen LogP contribution in [0, 0.1) is 5.41 Å². The molecule has 4 aromatic carbocycles. The molecule has 1 aliphatic carbocycles. The minimum absolute atomic E-state index is 0.00973. The van der Waals surface area contributed by atoms with E-state index in [-0.39, 0.29) is 29.7 Å². The molecular weight excluding hydrogens is 652 g/mol. The van der Waals surface area contributed by atoms with Crippen LogP contribution in [0.1, 0.15) is 55.5 Å². The molecule has 9 nitrogen and oxygen atoms in total. The molecule has 52 heavy (non-hydrogen) atoms. The summed E-state index contributed by atoms with van der Waals surface area (Å²) >= 11 is 0. The monoisotopic (exact) mass is 700 g/mol. The summed E-state index contributed by atoms with van der Waals surface area (Å²) in [6.45, 7) is 6.99. The summed E-state index contributed by atoms with van der Waals surface area (Å²) in [4.78, 5) is 35.4. The van der Waals surface area contributed by atoms with E-state index >= 15 is 0 Å². The molecule has 1 atom stereocenters. The van der Waals surface area contributed by atoms with Gasteiger partial charge < -0.3 is 29.3 Å². The van der Waals surface area contributed by atoms with Crippen LogP contribution in [0.3, 0.4) is 0 Å². The maximum atomic E-state index is 14.5. The fraction of sp³-hybridized carbons (Fsp3) is 0.349. The highest BCUT2D eigenvalue weighted by Crippen LogP contribution is 2.50. The summed E-state index contributed by atoms with van der Waals surface area (Å²) < 4.78 is 17.3. The van der Waals surface area contributed by atoms with E-state index in [9.17, 15) is 9.59 Å². The van der Waals surface area contributed by atoms with Crippen LogP contribution in [-0.2, 0) is 9.59 Å². The van der Waals surface area contributed by atoms with Crippen molar-refractivity contribution in [2.45, 2.75) is 38.8 Å². The van der Waals surface area contributed by atoms with Gasteiger partial charge in [-0.1, -0.05) is 86.6 Å². The number of ketones is 1. The number of rotatable bonds is 9. The lowest BCUT2D eigenvalue weighted by Gasteiger charge is -2.41.